The lowest BCUT2D eigenvalue weighted by Crippen LogP contribution is -2.01. The van der Waals surface area contributed by atoms with Gasteiger partial charge in [0.25, 0.3) is 0 Å². The number of nitrogens with zero attached hydrogens (tertiary/aromatic N) is 2. The van der Waals surface area contributed by atoms with E-state index in [2.05, 4.69) is 15.5 Å². The molecule has 2 aromatic carbocycles. The number of hydrogen-bond donors (Lipinski definition) is 1. The highest BCUT2D eigenvalue weighted by molar-refractivity contribution is 6.30. The lowest BCUT2D eigenvalue weighted by Gasteiger charge is -2.07. The van der Waals surface area contributed by atoms with E-state index in [0.717, 1.165) is 22.4 Å². The van der Waals surface area contributed by atoms with Crippen LogP contribution in [-0.4, -0.2) is 10.2 Å². The molecule has 0 radical (unpaired) electrons. The molecular weight excluding hydrogens is 298 g/mol. The summed E-state index contributed by atoms with van der Waals surface area (Å²) in [7, 11) is 0. The highest BCUT2D eigenvalue weighted by Crippen LogP contribution is 2.22. The molecular formula is C17H16ClN3O. The van der Waals surface area contributed by atoms with Gasteiger partial charge in [0.05, 0.1) is 6.54 Å². The molecule has 0 unspecified atom stereocenters. The molecule has 1 N–H and O–H groups in total. The second kappa shape index (κ2) is 6.20. The number of aromatic nitrogens is 2. The number of hydrogen-bond acceptors (Lipinski definition) is 4. The van der Waals surface area contributed by atoms with E-state index in [1.165, 1.54) is 0 Å². The molecule has 4 nitrogen and oxygen atoms in total. The van der Waals surface area contributed by atoms with E-state index >= 15 is 0 Å². The van der Waals surface area contributed by atoms with Crippen molar-refractivity contribution in [3.05, 3.63) is 64.5 Å². The monoisotopic (exact) mass is 313 g/mol. The summed E-state index contributed by atoms with van der Waals surface area (Å²) in [4.78, 5) is 0. The van der Waals surface area contributed by atoms with Crippen molar-refractivity contribution in [1.29, 1.82) is 0 Å². The van der Waals surface area contributed by atoms with Crippen LogP contribution in [-0.2, 0) is 6.54 Å². The number of rotatable bonds is 4. The topological polar surface area (TPSA) is 51.0 Å². The summed E-state index contributed by atoms with van der Waals surface area (Å²) >= 11 is 6.01. The van der Waals surface area contributed by atoms with Crippen molar-refractivity contribution in [3.8, 4) is 11.5 Å². The van der Waals surface area contributed by atoms with E-state index in [1.54, 1.807) is 0 Å². The molecule has 0 spiro atoms. The third-order valence-electron chi connectivity index (χ3n) is 3.36. The van der Waals surface area contributed by atoms with Gasteiger partial charge >= 0.3 is 0 Å². The van der Waals surface area contributed by atoms with Crippen LogP contribution in [0.2, 0.25) is 5.02 Å². The van der Waals surface area contributed by atoms with Crippen LogP contribution in [0.1, 0.15) is 17.0 Å². The van der Waals surface area contributed by atoms with Gasteiger partial charge in [-0.25, -0.2) is 0 Å². The van der Waals surface area contributed by atoms with Gasteiger partial charge < -0.3 is 9.73 Å². The Bertz CT molecular complexity index is 798. The number of halogens is 1. The van der Waals surface area contributed by atoms with E-state index in [4.69, 9.17) is 16.0 Å². The van der Waals surface area contributed by atoms with Gasteiger partial charge in [-0.3, -0.25) is 0 Å². The maximum Gasteiger partial charge on any atom is 0.247 e. The number of nitrogens with one attached hydrogen (secondary N) is 1. The first-order valence-corrected chi connectivity index (χ1v) is 7.39. The summed E-state index contributed by atoms with van der Waals surface area (Å²) in [5.41, 5.74) is 4.16. The van der Waals surface area contributed by atoms with Gasteiger partial charge in [0.1, 0.15) is 0 Å². The third kappa shape index (κ3) is 3.28. The third-order valence-corrected chi connectivity index (χ3v) is 3.60. The van der Waals surface area contributed by atoms with E-state index < -0.39 is 0 Å². The molecule has 0 atom stereocenters. The van der Waals surface area contributed by atoms with Gasteiger partial charge in [-0.05, 0) is 43.7 Å². The molecule has 0 fully saturated rings. The van der Waals surface area contributed by atoms with Gasteiger partial charge in [0.2, 0.25) is 11.8 Å². The summed E-state index contributed by atoms with van der Waals surface area (Å²) in [6.45, 7) is 4.51. The van der Waals surface area contributed by atoms with Crippen LogP contribution >= 0.6 is 11.6 Å². The van der Waals surface area contributed by atoms with Gasteiger partial charge in [-0.15, -0.1) is 10.2 Å². The predicted octanol–water partition coefficient (Wildman–Crippen LogP) is 4.62. The summed E-state index contributed by atoms with van der Waals surface area (Å²) in [6.07, 6.45) is 0. The first kappa shape index (κ1) is 14.6. The van der Waals surface area contributed by atoms with E-state index in [0.29, 0.717) is 23.3 Å². The summed E-state index contributed by atoms with van der Waals surface area (Å²) in [6, 6.07) is 13.7. The molecule has 0 aliphatic carbocycles. The Kier molecular flexibility index (Phi) is 4.11. The standard InChI is InChI=1S/C17H16ClN3O/c1-11-4-3-5-13(8-11)17-21-20-16(22-17)10-19-15-9-14(18)7-6-12(15)2/h3-9,19H,10H2,1-2H3. The minimum Gasteiger partial charge on any atom is -0.419 e. The van der Waals surface area contributed by atoms with Crippen molar-refractivity contribution >= 4 is 17.3 Å². The van der Waals surface area contributed by atoms with Crippen molar-refractivity contribution in [1.82, 2.24) is 10.2 Å². The molecule has 0 bridgehead atoms. The Balaban J connectivity index is 1.73. The fourth-order valence-corrected chi connectivity index (χ4v) is 2.35. The molecule has 0 amide bonds. The van der Waals surface area contributed by atoms with Crippen LogP contribution in [0, 0.1) is 13.8 Å². The number of aryl methyl sites for hydroxylation is 2. The second-order valence-electron chi connectivity index (χ2n) is 5.18. The van der Waals surface area contributed by atoms with Gasteiger partial charge in [-0.1, -0.05) is 35.4 Å². The second-order valence-corrected chi connectivity index (χ2v) is 5.62. The van der Waals surface area contributed by atoms with Crippen molar-refractivity contribution in [3.63, 3.8) is 0 Å². The van der Waals surface area contributed by atoms with Crippen LogP contribution in [0.15, 0.2) is 46.9 Å². The Labute approximate surface area is 134 Å². The molecule has 0 saturated heterocycles. The summed E-state index contributed by atoms with van der Waals surface area (Å²) in [5.74, 6) is 1.07. The SMILES string of the molecule is Cc1cccc(-c2nnc(CNc3cc(Cl)ccc3C)o2)c1. The lowest BCUT2D eigenvalue weighted by molar-refractivity contribution is 0.515. The van der Waals surface area contributed by atoms with E-state index in [-0.39, 0.29) is 0 Å². The van der Waals surface area contributed by atoms with Crippen molar-refractivity contribution in [2.45, 2.75) is 20.4 Å². The first-order valence-electron chi connectivity index (χ1n) is 7.01. The molecule has 1 aromatic heterocycles. The highest BCUT2D eigenvalue weighted by Gasteiger charge is 2.09. The molecule has 0 saturated carbocycles. The van der Waals surface area contributed by atoms with Crippen LogP contribution in [0.4, 0.5) is 5.69 Å². The average Bonchev–Trinajstić information content (AvgIpc) is 2.97. The minimum absolute atomic E-state index is 0.458. The normalized spacial score (nSPS) is 10.7. The number of anilines is 1. The average molecular weight is 314 g/mol. The molecule has 0 aliphatic rings. The summed E-state index contributed by atoms with van der Waals surface area (Å²) < 4.78 is 5.70. The van der Waals surface area contributed by atoms with Gasteiger partial charge in [0.15, 0.2) is 0 Å². The molecule has 3 aromatic rings. The molecule has 112 valence electrons. The van der Waals surface area contributed by atoms with Crippen LogP contribution in [0.5, 0.6) is 0 Å². The first-order chi connectivity index (χ1) is 10.6. The maximum absolute atomic E-state index is 6.01. The molecule has 1 heterocycles. The predicted molar refractivity (Wildman–Crippen MR) is 88.0 cm³/mol. The Hall–Kier alpha value is -2.33. The molecule has 0 aliphatic heterocycles. The van der Waals surface area contributed by atoms with E-state index in [9.17, 15) is 0 Å². The zero-order chi connectivity index (χ0) is 15.5. The zero-order valence-electron chi connectivity index (χ0n) is 12.4. The largest absolute Gasteiger partial charge is 0.419 e. The fraction of sp³-hybridized carbons (Fsp3) is 0.176. The summed E-state index contributed by atoms with van der Waals surface area (Å²) in [5, 5.41) is 12.1. The maximum atomic E-state index is 6.01. The number of benzene rings is 2. The Morgan fingerprint density at radius 2 is 1.95 bits per heavy atom. The van der Waals surface area contributed by atoms with Gasteiger partial charge in [0, 0.05) is 16.3 Å². The van der Waals surface area contributed by atoms with Crippen LogP contribution in [0.25, 0.3) is 11.5 Å². The molecule has 3 rings (SSSR count). The van der Waals surface area contributed by atoms with Gasteiger partial charge in [-0.2, -0.15) is 0 Å². The highest BCUT2D eigenvalue weighted by atomic mass is 35.5. The van der Waals surface area contributed by atoms with Crippen molar-refractivity contribution in [2.24, 2.45) is 0 Å². The quantitative estimate of drug-likeness (QED) is 0.763. The van der Waals surface area contributed by atoms with Crippen molar-refractivity contribution < 1.29 is 4.42 Å². The minimum atomic E-state index is 0.458. The zero-order valence-corrected chi connectivity index (χ0v) is 13.2. The molecule has 5 heteroatoms. The Morgan fingerprint density at radius 3 is 2.77 bits per heavy atom. The fourth-order valence-electron chi connectivity index (χ4n) is 2.18. The van der Waals surface area contributed by atoms with Crippen LogP contribution < -0.4 is 5.32 Å². The van der Waals surface area contributed by atoms with E-state index in [1.807, 2.05) is 56.3 Å². The Morgan fingerprint density at radius 1 is 1.09 bits per heavy atom. The molecule has 22 heavy (non-hydrogen) atoms. The lowest BCUT2D eigenvalue weighted by atomic mass is 10.1. The van der Waals surface area contributed by atoms with Crippen molar-refractivity contribution in [2.75, 3.05) is 5.32 Å². The van der Waals surface area contributed by atoms with Crippen LogP contribution in [0.3, 0.4) is 0 Å². The smallest absolute Gasteiger partial charge is 0.247 e.